The molecule has 4 heteroatoms. The van der Waals surface area contributed by atoms with Crippen molar-refractivity contribution < 1.29 is 14.3 Å². The third kappa shape index (κ3) is 3.54. The summed E-state index contributed by atoms with van der Waals surface area (Å²) in [4.78, 5) is 12.5. The first-order valence-corrected chi connectivity index (χ1v) is 8.84. The maximum absolute atomic E-state index is 12.5. The highest BCUT2D eigenvalue weighted by atomic mass is 127. The van der Waals surface area contributed by atoms with Crippen LogP contribution in [-0.2, 0) is 14.3 Å². The summed E-state index contributed by atoms with van der Waals surface area (Å²) in [6.07, 6.45) is 4.06. The van der Waals surface area contributed by atoms with Crippen LogP contribution in [-0.4, -0.2) is 26.3 Å². The molecule has 0 aliphatic carbocycles. The van der Waals surface area contributed by atoms with Crippen LogP contribution in [0.5, 0.6) is 0 Å². The Labute approximate surface area is 146 Å². The number of hydrogen-bond donors (Lipinski definition) is 0. The number of esters is 1. The Morgan fingerprint density at radius 1 is 1.32 bits per heavy atom. The smallest absolute Gasteiger partial charge is 0.318 e. The Kier molecular flexibility index (Phi) is 6.44. The molecule has 1 heterocycles. The molecule has 2 rings (SSSR count). The first-order chi connectivity index (χ1) is 10.7. The fourth-order valence-corrected chi connectivity index (χ4v) is 4.00. The number of ether oxygens (including phenoxy) is 2. The third-order valence-electron chi connectivity index (χ3n) is 4.25. The summed E-state index contributed by atoms with van der Waals surface area (Å²) in [5, 5.41) is 0. The number of halogens is 1. The van der Waals surface area contributed by atoms with Crippen LogP contribution in [0.25, 0.3) is 3.58 Å². The minimum atomic E-state index is -0.615. The van der Waals surface area contributed by atoms with Gasteiger partial charge in [-0.25, -0.2) is 0 Å². The van der Waals surface area contributed by atoms with Crippen molar-refractivity contribution >= 4 is 32.1 Å². The Balaban J connectivity index is 2.40. The minimum Gasteiger partial charge on any atom is -0.468 e. The van der Waals surface area contributed by atoms with E-state index >= 15 is 0 Å². The van der Waals surface area contributed by atoms with E-state index in [2.05, 4.69) is 41.6 Å². The lowest BCUT2D eigenvalue weighted by Gasteiger charge is -2.27. The molecule has 22 heavy (non-hydrogen) atoms. The predicted molar refractivity (Wildman–Crippen MR) is 96.8 cm³/mol. The summed E-state index contributed by atoms with van der Waals surface area (Å²) in [6, 6.07) is 10.2. The van der Waals surface area contributed by atoms with Gasteiger partial charge < -0.3 is 9.47 Å². The molecule has 1 aromatic carbocycles. The molecule has 3 nitrogen and oxygen atoms in total. The lowest BCUT2D eigenvalue weighted by atomic mass is 9.77. The first-order valence-electron chi connectivity index (χ1n) is 7.76. The average Bonchev–Trinajstić information content (AvgIpc) is 2.99. The Bertz CT molecular complexity index is 539. The van der Waals surface area contributed by atoms with Crippen molar-refractivity contribution in [2.45, 2.75) is 32.6 Å². The van der Waals surface area contributed by atoms with Gasteiger partial charge >= 0.3 is 5.97 Å². The SMILES string of the molecule is CCCCCC1(C(=O)OC)COC/C1=C(/I)c1ccccc1. The van der Waals surface area contributed by atoms with E-state index in [-0.39, 0.29) is 5.97 Å². The normalized spacial score (nSPS) is 23.4. The highest BCUT2D eigenvalue weighted by molar-refractivity contribution is 14.1. The second kappa shape index (κ2) is 8.11. The van der Waals surface area contributed by atoms with Crippen molar-refractivity contribution in [3.8, 4) is 0 Å². The monoisotopic (exact) mass is 414 g/mol. The summed E-state index contributed by atoms with van der Waals surface area (Å²) in [5.74, 6) is -0.166. The molecule has 120 valence electrons. The zero-order valence-corrected chi connectivity index (χ0v) is 15.4. The number of carbonyl (C=O) groups excluding carboxylic acids is 1. The zero-order valence-electron chi connectivity index (χ0n) is 13.2. The van der Waals surface area contributed by atoms with E-state index in [0.29, 0.717) is 13.2 Å². The summed E-state index contributed by atoms with van der Waals surface area (Å²) in [5.41, 5.74) is 1.59. The van der Waals surface area contributed by atoms with Gasteiger partial charge in [0.2, 0.25) is 0 Å². The van der Waals surface area contributed by atoms with Crippen LogP contribution in [0.4, 0.5) is 0 Å². The van der Waals surface area contributed by atoms with Gasteiger partial charge in [-0.3, -0.25) is 4.79 Å². The Morgan fingerprint density at radius 2 is 2.05 bits per heavy atom. The van der Waals surface area contributed by atoms with Crippen molar-refractivity contribution in [1.29, 1.82) is 0 Å². The fourth-order valence-electron chi connectivity index (χ4n) is 2.96. The largest absolute Gasteiger partial charge is 0.468 e. The van der Waals surface area contributed by atoms with E-state index in [0.717, 1.165) is 40.4 Å². The van der Waals surface area contributed by atoms with Gasteiger partial charge in [-0.15, -0.1) is 0 Å². The maximum Gasteiger partial charge on any atom is 0.318 e. The van der Waals surface area contributed by atoms with Gasteiger partial charge in [0.05, 0.1) is 20.3 Å². The Morgan fingerprint density at radius 3 is 2.68 bits per heavy atom. The molecule has 0 aromatic heterocycles. The van der Waals surface area contributed by atoms with Crippen LogP contribution >= 0.6 is 22.6 Å². The van der Waals surface area contributed by atoms with Gasteiger partial charge in [0.25, 0.3) is 0 Å². The third-order valence-corrected chi connectivity index (χ3v) is 5.52. The maximum atomic E-state index is 12.5. The molecular weight excluding hydrogens is 391 g/mol. The van der Waals surface area contributed by atoms with E-state index in [1.54, 1.807) is 0 Å². The number of hydrogen-bond acceptors (Lipinski definition) is 3. The molecule has 0 radical (unpaired) electrons. The molecule has 1 aliphatic rings. The van der Waals surface area contributed by atoms with Gasteiger partial charge in [-0.2, -0.15) is 0 Å². The minimum absolute atomic E-state index is 0.166. The van der Waals surface area contributed by atoms with E-state index in [1.165, 1.54) is 7.11 Å². The summed E-state index contributed by atoms with van der Waals surface area (Å²) in [7, 11) is 1.47. The number of rotatable bonds is 6. The summed E-state index contributed by atoms with van der Waals surface area (Å²) in [6.45, 7) is 3.10. The molecule has 1 atom stereocenters. The van der Waals surface area contributed by atoms with Crippen LogP contribution < -0.4 is 0 Å². The van der Waals surface area contributed by atoms with Crippen molar-refractivity contribution in [3.05, 3.63) is 41.5 Å². The zero-order chi connectivity index (χ0) is 16.0. The van der Waals surface area contributed by atoms with Crippen LogP contribution in [0.2, 0.25) is 0 Å². The van der Waals surface area contributed by atoms with Crippen LogP contribution in [0.15, 0.2) is 35.9 Å². The average molecular weight is 414 g/mol. The quantitative estimate of drug-likeness (QED) is 0.388. The number of methoxy groups -OCH3 is 1. The Hall–Kier alpha value is -0.880. The number of benzene rings is 1. The second-order valence-corrected chi connectivity index (χ2v) is 6.76. The molecule has 1 saturated heterocycles. The molecule has 0 spiro atoms. The van der Waals surface area contributed by atoms with E-state index in [9.17, 15) is 4.79 Å². The van der Waals surface area contributed by atoms with Crippen molar-refractivity contribution in [2.24, 2.45) is 5.41 Å². The molecule has 0 saturated carbocycles. The van der Waals surface area contributed by atoms with Gasteiger partial charge in [0, 0.05) is 3.58 Å². The van der Waals surface area contributed by atoms with Gasteiger partial charge in [-0.05, 0) is 40.1 Å². The highest BCUT2D eigenvalue weighted by Crippen LogP contribution is 2.45. The lowest BCUT2D eigenvalue weighted by Crippen LogP contribution is -2.35. The topological polar surface area (TPSA) is 35.5 Å². The van der Waals surface area contributed by atoms with E-state index in [4.69, 9.17) is 9.47 Å². The van der Waals surface area contributed by atoms with Gasteiger partial charge in [0.15, 0.2) is 0 Å². The van der Waals surface area contributed by atoms with Gasteiger partial charge in [-0.1, -0.05) is 56.5 Å². The highest BCUT2D eigenvalue weighted by Gasteiger charge is 2.48. The number of carbonyl (C=O) groups is 1. The van der Waals surface area contributed by atoms with Crippen molar-refractivity contribution in [3.63, 3.8) is 0 Å². The molecule has 0 N–H and O–H groups in total. The molecule has 1 aromatic rings. The van der Waals surface area contributed by atoms with E-state index in [1.807, 2.05) is 18.2 Å². The molecule has 0 amide bonds. The molecule has 0 bridgehead atoms. The van der Waals surface area contributed by atoms with Crippen LogP contribution in [0.1, 0.15) is 38.2 Å². The van der Waals surface area contributed by atoms with E-state index < -0.39 is 5.41 Å². The summed E-state index contributed by atoms with van der Waals surface area (Å²) < 4.78 is 11.9. The predicted octanol–water partition coefficient (Wildman–Crippen LogP) is 4.60. The second-order valence-electron chi connectivity index (χ2n) is 5.68. The molecule has 1 fully saturated rings. The molecular formula is C18H23IO3. The number of unbranched alkanes of at least 4 members (excludes halogenated alkanes) is 2. The molecule has 1 unspecified atom stereocenters. The van der Waals surface area contributed by atoms with Crippen LogP contribution in [0, 0.1) is 5.41 Å². The first kappa shape index (κ1) is 17.5. The van der Waals surface area contributed by atoms with Crippen LogP contribution in [0.3, 0.4) is 0 Å². The van der Waals surface area contributed by atoms with Gasteiger partial charge in [0.1, 0.15) is 5.41 Å². The molecule has 1 aliphatic heterocycles. The van der Waals surface area contributed by atoms with Crippen molar-refractivity contribution in [2.75, 3.05) is 20.3 Å². The fraction of sp³-hybridized carbons (Fsp3) is 0.500. The lowest BCUT2D eigenvalue weighted by molar-refractivity contribution is -0.151. The van der Waals surface area contributed by atoms with Crippen molar-refractivity contribution in [1.82, 2.24) is 0 Å². The standard InChI is InChI=1S/C18H23IO3/c1-3-4-8-11-18(17(20)21-2)13-22-12-15(18)16(19)14-9-6-5-7-10-14/h5-7,9-10H,3-4,8,11-13H2,1-2H3/b16-15-. The summed E-state index contributed by atoms with van der Waals surface area (Å²) >= 11 is 2.34.